The molecule has 0 aromatic heterocycles. The first kappa shape index (κ1) is 77.4. The molecule has 10 nitrogen and oxygen atoms in total. The van der Waals surface area contributed by atoms with Crippen molar-refractivity contribution >= 4 is 78.1 Å². The lowest BCUT2D eigenvalue weighted by Crippen LogP contribution is -2.41. The van der Waals surface area contributed by atoms with Gasteiger partial charge in [-0.15, -0.1) is 0 Å². The quantitative estimate of drug-likeness (QED) is 0.0534. The zero-order valence-electron chi connectivity index (χ0n) is 70.3. The molecule has 122 heavy (non-hydrogen) atoms. The topological polar surface area (TPSA) is 112 Å². The highest BCUT2D eigenvalue weighted by molar-refractivity contribution is 6.49. The van der Waals surface area contributed by atoms with E-state index in [0.29, 0.717) is 99.7 Å². The second kappa shape index (κ2) is 29.8. The van der Waals surface area contributed by atoms with Crippen molar-refractivity contribution < 1.29 is 38.1 Å². The number of hydrogen-bond donors (Lipinski definition) is 0. The lowest BCUT2D eigenvalue weighted by Gasteiger charge is -2.34. The van der Waals surface area contributed by atoms with Gasteiger partial charge in [-0.1, -0.05) is 314 Å². The minimum Gasteiger partial charge on any atom is -0.457 e. The summed E-state index contributed by atoms with van der Waals surface area (Å²) in [4.78, 5) is 72.8. The molecule has 17 aromatic carbocycles. The number of nitrogens with zero attached hydrogens (tertiary/aromatic N) is 2. The van der Waals surface area contributed by atoms with E-state index < -0.39 is 23.6 Å². The summed E-state index contributed by atoms with van der Waals surface area (Å²) < 4.78 is 30.6. The average molecular weight is 1590 g/mol. The average Bonchev–Trinajstić information content (AvgIpc) is 0.667. The van der Waals surface area contributed by atoms with E-state index in [9.17, 15) is 0 Å². The van der Waals surface area contributed by atoms with Crippen LogP contribution in [0.1, 0.15) is 147 Å². The molecule has 0 aliphatic carbocycles. The number of ether oxygens (including phenoxy) is 4. The fourth-order valence-corrected chi connectivity index (χ4v) is 17.5. The number of fused-ring (bicyclic) bond motifs is 2. The Labute approximate surface area is 711 Å². The molecule has 596 valence electrons. The van der Waals surface area contributed by atoms with Crippen LogP contribution in [0.4, 0.5) is 11.4 Å². The number of imide groups is 2. The molecule has 2 aliphatic heterocycles. The van der Waals surface area contributed by atoms with E-state index in [4.69, 9.17) is 18.9 Å². The zero-order valence-corrected chi connectivity index (χ0v) is 70.3. The Kier molecular flexibility index (Phi) is 18.9. The lowest BCUT2D eigenvalue weighted by molar-refractivity contribution is 0.0878. The summed E-state index contributed by atoms with van der Waals surface area (Å²) in [6.07, 6.45) is 0. The normalized spacial score (nSPS) is 13.1. The molecule has 0 N–H and O–H groups in total. The molecule has 0 bridgehead atoms. The number of hydrogen-bond acceptors (Lipinski definition) is 8. The highest BCUT2D eigenvalue weighted by Gasteiger charge is 2.45. The molecule has 19 rings (SSSR count). The molecule has 0 saturated carbocycles. The number of benzene rings is 17. The van der Waals surface area contributed by atoms with Crippen molar-refractivity contribution in [2.45, 2.75) is 105 Å². The molecule has 2 aliphatic rings. The molecule has 0 atom stereocenters. The van der Waals surface area contributed by atoms with Gasteiger partial charge in [0.2, 0.25) is 0 Å². The van der Waals surface area contributed by atoms with Crippen LogP contribution in [-0.2, 0) is 21.7 Å². The molecule has 0 saturated heterocycles. The van der Waals surface area contributed by atoms with E-state index in [1.165, 1.54) is 9.80 Å². The summed E-state index contributed by atoms with van der Waals surface area (Å²) in [5, 5.41) is 2.93. The van der Waals surface area contributed by atoms with Gasteiger partial charge in [0.15, 0.2) is 0 Å². The van der Waals surface area contributed by atoms with E-state index in [0.717, 1.165) is 66.8 Å². The van der Waals surface area contributed by atoms with Crippen LogP contribution in [0.3, 0.4) is 0 Å². The van der Waals surface area contributed by atoms with Crippen LogP contribution in [0, 0.1) is 0 Å². The predicted octanol–water partition coefficient (Wildman–Crippen LogP) is 29.7. The maximum Gasteiger partial charge on any atom is 0.266 e. The number of carbonyl (C=O) groups excluding carboxylic acids is 4. The van der Waals surface area contributed by atoms with Crippen LogP contribution in [0.15, 0.2) is 328 Å². The van der Waals surface area contributed by atoms with Crippen molar-refractivity contribution in [3.8, 4) is 113 Å². The standard InChI is InChI=1S/C112H90N2O8/c1-109(2,3)75-43-51-79(52-44-75)119-91-63-87-95-88(106(116)113(105(87)115)103-83(69-35-23-15-24-36-69)59-73(67-31-19-13-20-32-67)60-84(103)70-37-25-16-26-38-70)65-93(121-81-55-47-77(48-56-81)111(7,8)9)99-100-94(122-82-57-49-78(50-58-82)112(10,11)12)66-90-96-89(64-92(98(102(96)100)97(91)101(95)99)120-80-53-45-76(46-54-80)110(4,5)6)107(117)114(108(90)118)104-85(71-39-27-17-28-40-71)61-74(68-33-21-14-22-34-68)62-86(104)72-41-29-18-30-42-72/h13-66H,1-12H3. The lowest BCUT2D eigenvalue weighted by atomic mass is 9.80. The van der Waals surface area contributed by atoms with Gasteiger partial charge >= 0.3 is 0 Å². The van der Waals surface area contributed by atoms with Crippen LogP contribution in [0.5, 0.6) is 46.0 Å². The second-order valence-electron chi connectivity index (χ2n) is 36.1. The minimum atomic E-state index is -0.624. The molecule has 0 spiro atoms. The van der Waals surface area contributed by atoms with Gasteiger partial charge in [-0.05, 0) is 185 Å². The maximum absolute atomic E-state index is 17.5. The molecule has 10 heteroatoms. The van der Waals surface area contributed by atoms with E-state index in [2.05, 4.69) is 132 Å². The summed E-state index contributed by atoms with van der Waals surface area (Å²) in [6.45, 7) is 25.9. The van der Waals surface area contributed by atoms with Gasteiger partial charge in [0.1, 0.15) is 46.0 Å². The first-order valence-corrected chi connectivity index (χ1v) is 41.7. The van der Waals surface area contributed by atoms with Crippen LogP contribution in [0.2, 0.25) is 0 Å². The van der Waals surface area contributed by atoms with E-state index in [1.54, 1.807) is 24.3 Å². The van der Waals surface area contributed by atoms with Crippen LogP contribution >= 0.6 is 0 Å². The van der Waals surface area contributed by atoms with Gasteiger partial charge in [0.25, 0.3) is 23.6 Å². The predicted molar refractivity (Wildman–Crippen MR) is 496 cm³/mol. The van der Waals surface area contributed by atoms with Crippen molar-refractivity contribution in [2.75, 3.05) is 9.80 Å². The third-order valence-electron chi connectivity index (χ3n) is 23.9. The third-order valence-corrected chi connectivity index (χ3v) is 23.9. The van der Waals surface area contributed by atoms with Crippen LogP contribution < -0.4 is 28.7 Å². The first-order valence-electron chi connectivity index (χ1n) is 41.7. The maximum atomic E-state index is 17.5. The number of anilines is 2. The van der Waals surface area contributed by atoms with Gasteiger partial charge in [0, 0.05) is 65.3 Å². The van der Waals surface area contributed by atoms with E-state index in [-0.39, 0.29) is 66.9 Å². The summed E-state index contributed by atoms with van der Waals surface area (Å²) >= 11 is 0. The van der Waals surface area contributed by atoms with Gasteiger partial charge < -0.3 is 18.9 Å². The van der Waals surface area contributed by atoms with E-state index >= 15 is 19.2 Å². The molecule has 0 radical (unpaired) electrons. The van der Waals surface area contributed by atoms with Crippen molar-refractivity contribution in [1.82, 2.24) is 0 Å². The number of carbonyl (C=O) groups is 4. The van der Waals surface area contributed by atoms with Gasteiger partial charge in [0.05, 0.1) is 33.6 Å². The van der Waals surface area contributed by atoms with Crippen LogP contribution in [-0.4, -0.2) is 23.6 Å². The second-order valence-corrected chi connectivity index (χ2v) is 36.1. The Morgan fingerprint density at radius 1 is 0.189 bits per heavy atom. The van der Waals surface area contributed by atoms with Crippen molar-refractivity contribution in [1.29, 1.82) is 0 Å². The van der Waals surface area contributed by atoms with Gasteiger partial charge in [-0.25, -0.2) is 9.80 Å². The van der Waals surface area contributed by atoms with Gasteiger partial charge in [-0.2, -0.15) is 0 Å². The molecular formula is C112H90N2O8. The molecule has 17 aromatic rings. The Hall–Kier alpha value is -14.5. The third kappa shape index (κ3) is 13.8. The summed E-state index contributed by atoms with van der Waals surface area (Å²) in [5.41, 5.74) is 13.8. The first-order chi connectivity index (χ1) is 58.7. The van der Waals surface area contributed by atoms with Crippen molar-refractivity contribution in [2.24, 2.45) is 0 Å². The van der Waals surface area contributed by atoms with Gasteiger partial charge in [-0.3, -0.25) is 19.2 Å². The molecule has 0 unspecified atom stereocenters. The minimum absolute atomic E-state index is 0.143. The smallest absolute Gasteiger partial charge is 0.266 e. The fraction of sp³-hybridized carbons (Fsp3) is 0.143. The Bertz CT molecular complexity index is 6230. The summed E-state index contributed by atoms with van der Waals surface area (Å²) in [5.74, 6) is -0.0145. The van der Waals surface area contributed by atoms with Crippen LogP contribution in [0.25, 0.3) is 110 Å². The Morgan fingerprint density at radius 2 is 0.377 bits per heavy atom. The van der Waals surface area contributed by atoms with E-state index in [1.807, 2.05) is 255 Å². The summed E-state index contributed by atoms with van der Waals surface area (Å²) in [6, 6.07) is 107. The number of rotatable bonds is 16. The summed E-state index contributed by atoms with van der Waals surface area (Å²) in [7, 11) is 0. The monoisotopic (exact) mass is 1590 g/mol. The molecule has 4 amide bonds. The molecular weight excluding hydrogens is 1500 g/mol. The number of amides is 4. The Balaban J connectivity index is 0.987. The molecule has 0 fully saturated rings. The van der Waals surface area contributed by atoms with Crippen molar-refractivity contribution in [3.63, 3.8) is 0 Å². The Morgan fingerprint density at radius 3 is 0.566 bits per heavy atom. The largest absolute Gasteiger partial charge is 0.457 e. The van der Waals surface area contributed by atoms with Crippen molar-refractivity contribution in [3.05, 3.63) is 372 Å². The highest BCUT2D eigenvalue weighted by atomic mass is 16.5. The fourth-order valence-electron chi connectivity index (χ4n) is 17.5. The highest BCUT2D eigenvalue weighted by Crippen LogP contribution is 2.60. The zero-order chi connectivity index (χ0) is 84.4. The SMILES string of the molecule is CC(C)(C)c1ccc(Oc2cc3c4c(cc(Oc5ccc(C(C)(C)C)cc5)c5c6c(Oc7ccc(C(C)(C)C)cc7)cc7c8c(cc(Oc9ccc(C(C)(C)C)cc9)c(c2c45)c86)C(=O)N(c2c(-c4ccccc4)cc(-c4ccccc4)cc2-c2ccccc2)C7=O)C(=O)N(c2c(-c4ccccc4)cc(-c4ccccc4)cc2-c2ccccc2)C3=O)cc1. The molecule has 2 heterocycles.